The average molecular weight is 266 g/mol. The van der Waals surface area contributed by atoms with Crippen molar-refractivity contribution < 1.29 is 0 Å². The molecule has 104 valence electrons. The van der Waals surface area contributed by atoms with Gasteiger partial charge in [0.15, 0.2) is 0 Å². The molecule has 2 aromatic carbocycles. The van der Waals surface area contributed by atoms with Crippen LogP contribution < -0.4 is 5.73 Å². The molecule has 2 nitrogen and oxygen atoms in total. The second-order valence-corrected chi connectivity index (χ2v) is 5.66. The minimum Gasteiger partial charge on any atom is -0.398 e. The van der Waals surface area contributed by atoms with Gasteiger partial charge in [-0.2, -0.15) is 0 Å². The van der Waals surface area contributed by atoms with Gasteiger partial charge in [0.05, 0.1) is 0 Å². The van der Waals surface area contributed by atoms with Crippen molar-refractivity contribution in [2.24, 2.45) is 0 Å². The summed E-state index contributed by atoms with van der Waals surface area (Å²) < 4.78 is 0. The third-order valence-corrected chi connectivity index (χ3v) is 4.31. The first-order valence-electron chi connectivity index (χ1n) is 7.43. The molecule has 1 saturated heterocycles. The third kappa shape index (κ3) is 3.02. The van der Waals surface area contributed by atoms with Crippen LogP contribution in [0.2, 0.25) is 0 Å². The monoisotopic (exact) mass is 266 g/mol. The Bertz CT molecular complexity index is 542. The fourth-order valence-corrected chi connectivity index (χ4v) is 3.07. The lowest BCUT2D eigenvalue weighted by molar-refractivity contribution is 0.205. The Balaban J connectivity index is 1.58. The largest absolute Gasteiger partial charge is 0.398 e. The van der Waals surface area contributed by atoms with Crippen molar-refractivity contribution in [1.82, 2.24) is 4.90 Å². The number of hydrogen-bond donors (Lipinski definition) is 1. The van der Waals surface area contributed by atoms with Crippen LogP contribution >= 0.6 is 0 Å². The van der Waals surface area contributed by atoms with Crippen LogP contribution in [0.5, 0.6) is 0 Å². The van der Waals surface area contributed by atoms with Gasteiger partial charge in [-0.05, 0) is 49.0 Å². The summed E-state index contributed by atoms with van der Waals surface area (Å²) in [6.45, 7) is 3.30. The summed E-state index contributed by atoms with van der Waals surface area (Å²) in [7, 11) is 0. The van der Waals surface area contributed by atoms with Gasteiger partial charge in [0.1, 0.15) is 0 Å². The van der Waals surface area contributed by atoms with E-state index in [1.165, 1.54) is 24.0 Å². The number of anilines is 1. The van der Waals surface area contributed by atoms with Crippen LogP contribution in [0.3, 0.4) is 0 Å². The number of rotatable bonds is 3. The van der Waals surface area contributed by atoms with Crippen molar-refractivity contribution >= 4 is 5.69 Å². The standard InChI is InChI=1S/C18H22N2/c19-18-9-5-4-8-17(18)14-20-12-10-16(11-13-20)15-6-2-1-3-7-15/h1-9,16H,10-14,19H2. The number of nitrogens with two attached hydrogens (primary N) is 1. The maximum absolute atomic E-state index is 6.03. The summed E-state index contributed by atoms with van der Waals surface area (Å²) in [4.78, 5) is 2.52. The Morgan fingerprint density at radius 2 is 1.55 bits per heavy atom. The molecule has 0 saturated carbocycles. The SMILES string of the molecule is Nc1ccccc1CN1CCC(c2ccccc2)CC1. The highest BCUT2D eigenvalue weighted by Gasteiger charge is 2.20. The molecule has 2 heteroatoms. The van der Waals surface area contributed by atoms with E-state index in [0.29, 0.717) is 0 Å². The molecule has 0 radical (unpaired) electrons. The van der Waals surface area contributed by atoms with E-state index < -0.39 is 0 Å². The van der Waals surface area contributed by atoms with E-state index in [1.54, 1.807) is 0 Å². The summed E-state index contributed by atoms with van der Waals surface area (Å²) in [6, 6.07) is 19.1. The number of nitrogens with zero attached hydrogens (tertiary/aromatic N) is 1. The molecule has 0 bridgehead atoms. The molecule has 0 aliphatic carbocycles. The van der Waals surface area contributed by atoms with E-state index in [4.69, 9.17) is 5.73 Å². The van der Waals surface area contributed by atoms with Crippen LogP contribution in [0.1, 0.15) is 29.9 Å². The number of para-hydroxylation sites is 1. The van der Waals surface area contributed by atoms with Crippen molar-refractivity contribution in [3.05, 3.63) is 65.7 Å². The predicted molar refractivity (Wildman–Crippen MR) is 84.5 cm³/mol. The zero-order valence-electron chi connectivity index (χ0n) is 11.8. The van der Waals surface area contributed by atoms with Gasteiger partial charge in [0.25, 0.3) is 0 Å². The molecule has 0 unspecified atom stereocenters. The van der Waals surface area contributed by atoms with E-state index in [1.807, 2.05) is 12.1 Å². The quantitative estimate of drug-likeness (QED) is 0.859. The van der Waals surface area contributed by atoms with E-state index in [0.717, 1.165) is 31.2 Å². The molecule has 2 N–H and O–H groups in total. The molecule has 3 rings (SSSR count). The molecule has 0 amide bonds. The number of benzene rings is 2. The molecule has 0 spiro atoms. The summed E-state index contributed by atoms with van der Waals surface area (Å²) in [5.41, 5.74) is 9.69. The Labute approximate surface area is 121 Å². The lowest BCUT2D eigenvalue weighted by atomic mass is 9.89. The van der Waals surface area contributed by atoms with Gasteiger partial charge < -0.3 is 5.73 Å². The topological polar surface area (TPSA) is 29.3 Å². The smallest absolute Gasteiger partial charge is 0.0359 e. The molecular formula is C18H22N2. The maximum Gasteiger partial charge on any atom is 0.0359 e. The molecule has 0 aromatic heterocycles. The number of piperidine rings is 1. The number of likely N-dealkylation sites (tertiary alicyclic amines) is 1. The number of hydrogen-bond acceptors (Lipinski definition) is 2. The fraction of sp³-hybridized carbons (Fsp3) is 0.333. The van der Waals surface area contributed by atoms with Gasteiger partial charge in [-0.25, -0.2) is 0 Å². The minimum atomic E-state index is 0.723. The Morgan fingerprint density at radius 3 is 2.25 bits per heavy atom. The van der Waals surface area contributed by atoms with Gasteiger partial charge in [-0.15, -0.1) is 0 Å². The van der Waals surface area contributed by atoms with E-state index in [2.05, 4.69) is 47.4 Å². The first-order valence-corrected chi connectivity index (χ1v) is 7.43. The van der Waals surface area contributed by atoms with E-state index >= 15 is 0 Å². The minimum absolute atomic E-state index is 0.723. The molecule has 1 aliphatic rings. The zero-order chi connectivity index (χ0) is 13.8. The Kier molecular flexibility index (Phi) is 4.03. The predicted octanol–water partition coefficient (Wildman–Crippen LogP) is 3.65. The molecule has 2 aromatic rings. The molecule has 0 atom stereocenters. The Hall–Kier alpha value is -1.80. The lowest BCUT2D eigenvalue weighted by Crippen LogP contribution is -2.32. The van der Waals surface area contributed by atoms with Crippen LogP contribution in [0.4, 0.5) is 5.69 Å². The Morgan fingerprint density at radius 1 is 0.900 bits per heavy atom. The summed E-state index contributed by atoms with van der Waals surface area (Å²) in [5.74, 6) is 0.723. The van der Waals surface area contributed by atoms with Crippen LogP contribution in [-0.4, -0.2) is 18.0 Å². The van der Waals surface area contributed by atoms with E-state index in [-0.39, 0.29) is 0 Å². The summed E-state index contributed by atoms with van der Waals surface area (Å²) in [5, 5.41) is 0. The van der Waals surface area contributed by atoms with Crippen LogP contribution in [-0.2, 0) is 6.54 Å². The molecule has 20 heavy (non-hydrogen) atoms. The molecule has 1 aliphatic heterocycles. The zero-order valence-corrected chi connectivity index (χ0v) is 11.8. The first-order chi connectivity index (χ1) is 9.83. The van der Waals surface area contributed by atoms with Crippen molar-refractivity contribution in [1.29, 1.82) is 0 Å². The maximum atomic E-state index is 6.03. The van der Waals surface area contributed by atoms with Crippen LogP contribution in [0, 0.1) is 0 Å². The van der Waals surface area contributed by atoms with Crippen molar-refractivity contribution in [3.63, 3.8) is 0 Å². The third-order valence-electron chi connectivity index (χ3n) is 4.31. The second kappa shape index (κ2) is 6.10. The fourth-order valence-electron chi connectivity index (χ4n) is 3.07. The first kappa shape index (κ1) is 13.2. The molecule has 1 heterocycles. The van der Waals surface area contributed by atoms with Gasteiger partial charge in [0, 0.05) is 12.2 Å². The second-order valence-electron chi connectivity index (χ2n) is 5.66. The average Bonchev–Trinajstić information content (AvgIpc) is 2.51. The lowest BCUT2D eigenvalue weighted by Gasteiger charge is -2.32. The van der Waals surface area contributed by atoms with Crippen molar-refractivity contribution in [2.45, 2.75) is 25.3 Å². The van der Waals surface area contributed by atoms with Crippen molar-refractivity contribution in [2.75, 3.05) is 18.8 Å². The summed E-state index contributed by atoms with van der Waals surface area (Å²) >= 11 is 0. The highest BCUT2D eigenvalue weighted by atomic mass is 15.1. The van der Waals surface area contributed by atoms with Gasteiger partial charge in [-0.3, -0.25) is 4.90 Å². The highest BCUT2D eigenvalue weighted by Crippen LogP contribution is 2.28. The molecular weight excluding hydrogens is 244 g/mol. The van der Waals surface area contributed by atoms with Gasteiger partial charge in [-0.1, -0.05) is 48.5 Å². The summed E-state index contributed by atoms with van der Waals surface area (Å²) in [6.07, 6.45) is 2.49. The van der Waals surface area contributed by atoms with Crippen LogP contribution in [0.25, 0.3) is 0 Å². The van der Waals surface area contributed by atoms with Gasteiger partial charge >= 0.3 is 0 Å². The highest BCUT2D eigenvalue weighted by molar-refractivity contribution is 5.46. The van der Waals surface area contributed by atoms with Crippen LogP contribution in [0.15, 0.2) is 54.6 Å². The van der Waals surface area contributed by atoms with E-state index in [9.17, 15) is 0 Å². The normalized spacial score (nSPS) is 17.2. The number of nitrogen functional groups attached to an aromatic ring is 1. The van der Waals surface area contributed by atoms with Crippen molar-refractivity contribution in [3.8, 4) is 0 Å². The van der Waals surface area contributed by atoms with Gasteiger partial charge in [0.2, 0.25) is 0 Å². The molecule has 1 fully saturated rings.